The number of nitrogens with zero attached hydrogens (tertiary/aromatic N) is 2. The average molecular weight is 274 g/mol. The lowest BCUT2D eigenvalue weighted by Crippen LogP contribution is -2.34. The second-order valence-electron chi connectivity index (χ2n) is 5.32. The van der Waals surface area contributed by atoms with Crippen molar-refractivity contribution in [3.8, 4) is 0 Å². The van der Waals surface area contributed by atoms with Gasteiger partial charge in [-0.3, -0.25) is 4.79 Å². The van der Waals surface area contributed by atoms with Crippen LogP contribution in [0.15, 0.2) is 28.8 Å². The molecule has 1 aliphatic heterocycles. The van der Waals surface area contributed by atoms with Gasteiger partial charge in [0.25, 0.3) is 0 Å². The van der Waals surface area contributed by atoms with Gasteiger partial charge in [-0.2, -0.15) is 0 Å². The summed E-state index contributed by atoms with van der Waals surface area (Å²) in [6.45, 7) is 2.50. The zero-order valence-corrected chi connectivity index (χ0v) is 11.3. The smallest absolute Gasteiger partial charge is 0.304 e. The third kappa shape index (κ3) is 2.67. The molecule has 0 spiro atoms. The second kappa shape index (κ2) is 5.63. The summed E-state index contributed by atoms with van der Waals surface area (Å²) in [6.07, 6.45) is 2.24. The predicted molar refractivity (Wildman–Crippen MR) is 74.7 cm³/mol. The van der Waals surface area contributed by atoms with Crippen LogP contribution in [0.4, 0.5) is 0 Å². The third-order valence-corrected chi connectivity index (χ3v) is 4.02. The highest BCUT2D eigenvalue weighted by molar-refractivity contribution is 5.79. The van der Waals surface area contributed by atoms with Gasteiger partial charge in [-0.25, -0.2) is 0 Å². The van der Waals surface area contributed by atoms with Crippen LogP contribution in [-0.4, -0.2) is 40.8 Å². The lowest BCUT2D eigenvalue weighted by Gasteiger charge is -2.30. The first-order chi connectivity index (χ1) is 9.74. The molecule has 1 aromatic carbocycles. The van der Waals surface area contributed by atoms with Crippen LogP contribution in [0.3, 0.4) is 0 Å². The number of rotatable bonds is 4. The summed E-state index contributed by atoms with van der Waals surface area (Å²) in [7, 11) is 0. The van der Waals surface area contributed by atoms with E-state index >= 15 is 0 Å². The van der Waals surface area contributed by atoms with Crippen LogP contribution >= 0.6 is 0 Å². The number of benzene rings is 1. The highest BCUT2D eigenvalue weighted by atomic mass is 16.5. The maximum Gasteiger partial charge on any atom is 0.304 e. The summed E-state index contributed by atoms with van der Waals surface area (Å²) >= 11 is 0. The van der Waals surface area contributed by atoms with Gasteiger partial charge in [-0.05, 0) is 38.1 Å². The number of fused-ring (bicyclic) bond motifs is 1. The number of piperidine rings is 1. The van der Waals surface area contributed by atoms with E-state index in [4.69, 9.17) is 9.63 Å². The molecule has 0 atom stereocenters. The Balaban J connectivity index is 1.65. The molecule has 1 N–H and O–H groups in total. The fraction of sp³-hybridized carbons (Fsp3) is 0.467. The first-order valence-electron chi connectivity index (χ1n) is 7.02. The van der Waals surface area contributed by atoms with E-state index in [-0.39, 0.29) is 6.42 Å². The van der Waals surface area contributed by atoms with Crippen LogP contribution in [0.2, 0.25) is 0 Å². The minimum absolute atomic E-state index is 0.220. The van der Waals surface area contributed by atoms with Gasteiger partial charge in [0.1, 0.15) is 0 Å². The number of aliphatic carboxylic acids is 1. The van der Waals surface area contributed by atoms with Gasteiger partial charge in [0.2, 0.25) is 0 Å². The van der Waals surface area contributed by atoms with Crippen molar-refractivity contribution in [3.63, 3.8) is 0 Å². The van der Waals surface area contributed by atoms with E-state index in [1.54, 1.807) is 0 Å². The quantitative estimate of drug-likeness (QED) is 0.927. The Hall–Kier alpha value is -1.88. The summed E-state index contributed by atoms with van der Waals surface area (Å²) < 4.78 is 5.37. The Labute approximate surface area is 117 Å². The highest BCUT2D eigenvalue weighted by Gasteiger charge is 2.24. The number of carbonyl (C=O) groups is 1. The second-order valence-corrected chi connectivity index (χ2v) is 5.32. The molecule has 2 heterocycles. The van der Waals surface area contributed by atoms with Crippen LogP contribution in [0.25, 0.3) is 11.0 Å². The molecule has 0 bridgehead atoms. The number of hydrogen-bond acceptors (Lipinski definition) is 4. The van der Waals surface area contributed by atoms with Crippen LogP contribution in [-0.2, 0) is 4.79 Å². The Morgan fingerprint density at radius 2 is 2.10 bits per heavy atom. The van der Waals surface area contributed by atoms with Crippen molar-refractivity contribution in [2.75, 3.05) is 19.6 Å². The molecule has 5 nitrogen and oxygen atoms in total. The normalized spacial score (nSPS) is 17.6. The van der Waals surface area contributed by atoms with Gasteiger partial charge in [-0.15, -0.1) is 0 Å². The van der Waals surface area contributed by atoms with Crippen molar-refractivity contribution in [1.82, 2.24) is 10.1 Å². The molecule has 0 radical (unpaired) electrons. The van der Waals surface area contributed by atoms with Crippen LogP contribution in [0.5, 0.6) is 0 Å². The topological polar surface area (TPSA) is 66.6 Å². The van der Waals surface area contributed by atoms with E-state index in [9.17, 15) is 4.79 Å². The average Bonchev–Trinajstić information content (AvgIpc) is 2.89. The van der Waals surface area contributed by atoms with Gasteiger partial charge in [0.15, 0.2) is 5.58 Å². The molecule has 20 heavy (non-hydrogen) atoms. The van der Waals surface area contributed by atoms with Gasteiger partial charge in [0.05, 0.1) is 12.1 Å². The first kappa shape index (κ1) is 13.1. The Morgan fingerprint density at radius 1 is 1.35 bits per heavy atom. The minimum atomic E-state index is -0.727. The third-order valence-electron chi connectivity index (χ3n) is 4.02. The molecular formula is C15H18N2O3. The largest absolute Gasteiger partial charge is 0.481 e. The van der Waals surface area contributed by atoms with E-state index in [1.165, 1.54) is 0 Å². The molecule has 0 saturated carbocycles. The summed E-state index contributed by atoms with van der Waals surface area (Å²) in [5.74, 6) is -0.311. The summed E-state index contributed by atoms with van der Waals surface area (Å²) in [5.41, 5.74) is 1.90. The Morgan fingerprint density at radius 3 is 2.85 bits per heavy atom. The zero-order valence-electron chi connectivity index (χ0n) is 11.3. The fourth-order valence-electron chi connectivity index (χ4n) is 2.88. The van der Waals surface area contributed by atoms with Crippen molar-refractivity contribution in [2.45, 2.75) is 25.2 Å². The first-order valence-corrected chi connectivity index (χ1v) is 7.02. The molecule has 5 heteroatoms. The van der Waals surface area contributed by atoms with E-state index in [0.717, 1.165) is 42.6 Å². The molecule has 1 saturated heterocycles. The number of likely N-dealkylation sites (tertiary alicyclic amines) is 1. The van der Waals surface area contributed by atoms with Gasteiger partial charge in [-0.1, -0.05) is 17.3 Å². The van der Waals surface area contributed by atoms with Crippen molar-refractivity contribution < 1.29 is 14.4 Å². The molecule has 0 unspecified atom stereocenters. The van der Waals surface area contributed by atoms with Crippen molar-refractivity contribution in [1.29, 1.82) is 0 Å². The summed E-state index contributed by atoms with van der Waals surface area (Å²) in [5, 5.41) is 14.1. The molecule has 3 rings (SSSR count). The molecule has 0 aliphatic carbocycles. The number of hydrogen-bond donors (Lipinski definition) is 1. The van der Waals surface area contributed by atoms with Crippen molar-refractivity contribution in [2.24, 2.45) is 0 Å². The SMILES string of the molecule is O=C(O)CCN1CCC(c2noc3ccccc23)CC1. The predicted octanol–water partition coefficient (Wildman–Crippen LogP) is 2.48. The van der Waals surface area contributed by atoms with E-state index in [1.807, 2.05) is 18.2 Å². The standard InChI is InChI=1S/C15H18N2O3/c18-14(19)7-10-17-8-5-11(6-9-17)15-12-3-1-2-4-13(12)20-16-15/h1-4,11H,5-10H2,(H,18,19). The van der Waals surface area contributed by atoms with Crippen LogP contribution < -0.4 is 0 Å². The zero-order chi connectivity index (χ0) is 13.9. The molecule has 1 fully saturated rings. The minimum Gasteiger partial charge on any atom is -0.481 e. The maximum atomic E-state index is 10.6. The van der Waals surface area contributed by atoms with E-state index in [2.05, 4.69) is 16.1 Å². The van der Waals surface area contributed by atoms with Gasteiger partial charge < -0.3 is 14.5 Å². The number of carboxylic acid groups (broad SMARTS) is 1. The molecular weight excluding hydrogens is 256 g/mol. The molecule has 0 amide bonds. The molecule has 1 aliphatic rings. The maximum absolute atomic E-state index is 10.6. The molecule has 1 aromatic heterocycles. The summed E-state index contributed by atoms with van der Waals surface area (Å²) in [4.78, 5) is 12.8. The van der Waals surface area contributed by atoms with Crippen LogP contribution in [0.1, 0.15) is 30.9 Å². The summed E-state index contributed by atoms with van der Waals surface area (Å²) in [6, 6.07) is 7.95. The van der Waals surface area contributed by atoms with Crippen molar-refractivity contribution in [3.05, 3.63) is 30.0 Å². The Kier molecular flexibility index (Phi) is 3.69. The van der Waals surface area contributed by atoms with E-state index in [0.29, 0.717) is 12.5 Å². The lowest BCUT2D eigenvalue weighted by atomic mass is 9.91. The van der Waals surface area contributed by atoms with Crippen LogP contribution in [0, 0.1) is 0 Å². The fourth-order valence-corrected chi connectivity index (χ4v) is 2.88. The lowest BCUT2D eigenvalue weighted by molar-refractivity contribution is -0.137. The number of aromatic nitrogens is 1. The number of carboxylic acids is 1. The van der Waals surface area contributed by atoms with E-state index < -0.39 is 5.97 Å². The Bertz CT molecular complexity index is 600. The van der Waals surface area contributed by atoms with Crippen molar-refractivity contribution >= 4 is 16.9 Å². The van der Waals surface area contributed by atoms with Gasteiger partial charge >= 0.3 is 5.97 Å². The molecule has 2 aromatic rings. The molecule has 106 valence electrons. The number of para-hydroxylation sites is 1. The highest BCUT2D eigenvalue weighted by Crippen LogP contribution is 2.32. The van der Waals surface area contributed by atoms with Gasteiger partial charge in [0, 0.05) is 17.8 Å². The monoisotopic (exact) mass is 274 g/mol.